The molecule has 2 aromatic carbocycles. The summed E-state index contributed by atoms with van der Waals surface area (Å²) in [4.78, 5) is 40.4. The van der Waals surface area contributed by atoms with E-state index in [1.165, 1.54) is 43.7 Å². The summed E-state index contributed by atoms with van der Waals surface area (Å²) in [6.45, 7) is 2.63. The van der Waals surface area contributed by atoms with Crippen LogP contribution in [0.1, 0.15) is 185 Å². The molecule has 1 aliphatic heterocycles. The van der Waals surface area contributed by atoms with Gasteiger partial charge in [-0.3, -0.25) is 18.9 Å². The Morgan fingerprint density at radius 1 is 0.692 bits per heavy atom. The highest BCUT2D eigenvalue weighted by Crippen LogP contribution is 2.34. The van der Waals surface area contributed by atoms with Crippen molar-refractivity contribution in [2.45, 2.75) is 223 Å². The van der Waals surface area contributed by atoms with Gasteiger partial charge in [0.15, 0.2) is 12.4 Å². The maximum Gasteiger partial charge on any atom is 0.397 e. The zero-order chi connectivity index (χ0) is 47.2. The Morgan fingerprint density at radius 2 is 1.15 bits per heavy atom. The van der Waals surface area contributed by atoms with Crippen molar-refractivity contribution >= 4 is 28.2 Å². The second-order valence-electron chi connectivity index (χ2n) is 18.1. The third kappa shape index (κ3) is 23.8. The molecule has 0 aliphatic carbocycles. The molecule has 0 aromatic heterocycles. The largest absolute Gasteiger partial charge is 0.462 e. The first-order valence-corrected chi connectivity index (χ1v) is 26.1. The van der Waals surface area contributed by atoms with Crippen LogP contribution in [0.15, 0.2) is 60.7 Å². The summed E-state index contributed by atoms with van der Waals surface area (Å²) in [6, 6.07) is 20.7. The number of hydrogen-bond acceptors (Lipinski definition) is 11. The minimum atomic E-state index is -5.20. The van der Waals surface area contributed by atoms with Crippen molar-refractivity contribution < 1.29 is 56.0 Å². The van der Waals surface area contributed by atoms with Crippen LogP contribution in [0.4, 0.5) is 0 Å². The zero-order valence-electron chi connectivity index (χ0n) is 39.4. The van der Waals surface area contributed by atoms with Crippen LogP contribution in [0.3, 0.4) is 0 Å². The van der Waals surface area contributed by atoms with Gasteiger partial charge in [0.2, 0.25) is 5.91 Å². The van der Waals surface area contributed by atoms with Crippen molar-refractivity contribution in [2.75, 3.05) is 6.61 Å². The van der Waals surface area contributed by atoms with Crippen molar-refractivity contribution in [2.24, 2.45) is 0 Å². The van der Waals surface area contributed by atoms with Crippen LogP contribution in [-0.2, 0) is 56.0 Å². The lowest BCUT2D eigenvalue weighted by Gasteiger charge is -2.49. The SMILES string of the molecule is CCCCCCCCCCC[C@H](CC(=O)N[C@@]1(C)[C@H](O)O[C@H](CO)[C@@H](OS(=O)(=O)O)[C@@H]1OC(=O)CCCCCCCCc1ccccc1)OC(=O)CCCCCCCCc1ccccc1. The minimum Gasteiger partial charge on any atom is -0.462 e. The van der Waals surface area contributed by atoms with E-state index in [1.807, 2.05) is 24.3 Å². The first-order chi connectivity index (χ1) is 31.3. The summed E-state index contributed by atoms with van der Waals surface area (Å²) in [5, 5.41) is 24.1. The Hall–Kier alpha value is -3.40. The number of esters is 2. The van der Waals surface area contributed by atoms with Crippen LogP contribution in [0.25, 0.3) is 0 Å². The molecule has 0 spiro atoms. The zero-order valence-corrected chi connectivity index (χ0v) is 40.2. The van der Waals surface area contributed by atoms with Crippen LogP contribution < -0.4 is 5.32 Å². The van der Waals surface area contributed by atoms with Crippen molar-refractivity contribution in [3.05, 3.63) is 71.8 Å². The number of unbranched alkanes of at least 4 members (excludes halogenated alkanes) is 18. The maximum absolute atomic E-state index is 13.9. The molecule has 0 saturated carbocycles. The lowest BCUT2D eigenvalue weighted by Crippen LogP contribution is -2.73. The van der Waals surface area contributed by atoms with Gasteiger partial charge in [-0.15, -0.1) is 0 Å². The monoisotopic (exact) mass is 932 g/mol. The molecule has 368 valence electrons. The highest BCUT2D eigenvalue weighted by Gasteiger charge is 2.58. The smallest absolute Gasteiger partial charge is 0.397 e. The van der Waals surface area contributed by atoms with Crippen LogP contribution in [0.2, 0.25) is 0 Å². The van der Waals surface area contributed by atoms with Gasteiger partial charge < -0.3 is 29.7 Å². The number of ether oxygens (including phenoxy) is 3. The van der Waals surface area contributed by atoms with E-state index in [-0.39, 0.29) is 19.3 Å². The molecule has 3 rings (SSSR count). The number of carbonyl (C=O) groups is 3. The number of rotatable bonds is 36. The lowest BCUT2D eigenvalue weighted by atomic mass is 9.84. The van der Waals surface area contributed by atoms with Crippen LogP contribution >= 0.6 is 0 Å². The first kappa shape index (κ1) is 55.9. The summed E-state index contributed by atoms with van der Waals surface area (Å²) in [5.41, 5.74) is 0.621. The molecule has 2 aromatic rings. The lowest BCUT2D eigenvalue weighted by molar-refractivity contribution is -0.279. The van der Waals surface area contributed by atoms with Crippen molar-refractivity contribution in [1.82, 2.24) is 5.32 Å². The minimum absolute atomic E-state index is 0.0467. The van der Waals surface area contributed by atoms with Gasteiger partial charge in [-0.2, -0.15) is 8.42 Å². The number of carbonyl (C=O) groups excluding carboxylic acids is 3. The number of benzene rings is 2. The molecular weight excluding hydrogens is 851 g/mol. The summed E-state index contributed by atoms with van der Waals surface area (Å²) < 4.78 is 55.9. The molecule has 4 N–H and O–H groups in total. The van der Waals surface area contributed by atoms with Gasteiger partial charge >= 0.3 is 22.3 Å². The average Bonchev–Trinajstić information content (AvgIpc) is 3.27. The second-order valence-corrected chi connectivity index (χ2v) is 19.1. The molecule has 0 unspecified atom stereocenters. The molecule has 65 heavy (non-hydrogen) atoms. The summed E-state index contributed by atoms with van der Waals surface area (Å²) in [5.74, 6) is -1.83. The Morgan fingerprint density at radius 3 is 1.65 bits per heavy atom. The summed E-state index contributed by atoms with van der Waals surface area (Å²) in [6.07, 6.45) is 15.4. The van der Waals surface area contributed by atoms with E-state index in [4.69, 9.17) is 18.4 Å². The molecular formula is C51H81NO12S. The second kappa shape index (κ2) is 32.3. The summed E-state index contributed by atoms with van der Waals surface area (Å²) >= 11 is 0. The van der Waals surface area contributed by atoms with Gasteiger partial charge in [0.05, 0.1) is 13.0 Å². The van der Waals surface area contributed by atoms with Gasteiger partial charge in [0.1, 0.15) is 23.9 Å². The van der Waals surface area contributed by atoms with E-state index in [0.29, 0.717) is 19.3 Å². The van der Waals surface area contributed by atoms with Gasteiger partial charge in [0.25, 0.3) is 0 Å². The molecule has 6 atom stereocenters. The third-order valence-corrected chi connectivity index (χ3v) is 12.8. The number of aliphatic hydroxyl groups is 2. The fraction of sp³-hybridized carbons (Fsp3) is 0.706. The molecule has 1 amide bonds. The maximum atomic E-state index is 13.9. The highest BCUT2D eigenvalue weighted by molar-refractivity contribution is 7.80. The van der Waals surface area contributed by atoms with Crippen molar-refractivity contribution in [1.29, 1.82) is 0 Å². The average molecular weight is 932 g/mol. The number of aliphatic hydroxyl groups excluding tert-OH is 2. The van der Waals surface area contributed by atoms with Gasteiger partial charge in [-0.1, -0.05) is 170 Å². The van der Waals surface area contributed by atoms with E-state index in [9.17, 15) is 37.6 Å². The predicted octanol–water partition coefficient (Wildman–Crippen LogP) is 9.84. The Labute approximate surface area is 390 Å². The summed E-state index contributed by atoms with van der Waals surface area (Å²) in [7, 11) is -5.20. The quantitative estimate of drug-likeness (QED) is 0.0287. The van der Waals surface area contributed by atoms with Gasteiger partial charge in [-0.25, -0.2) is 4.18 Å². The van der Waals surface area contributed by atoms with Crippen molar-refractivity contribution in [3.63, 3.8) is 0 Å². The van der Waals surface area contributed by atoms with Crippen LogP contribution in [0.5, 0.6) is 0 Å². The van der Waals surface area contributed by atoms with E-state index < -0.39 is 71.1 Å². The van der Waals surface area contributed by atoms with E-state index in [1.54, 1.807) is 0 Å². The van der Waals surface area contributed by atoms with Crippen LogP contribution in [0, 0.1) is 0 Å². The van der Waals surface area contributed by atoms with E-state index >= 15 is 0 Å². The van der Waals surface area contributed by atoms with Gasteiger partial charge in [-0.05, 0) is 69.4 Å². The molecule has 1 fully saturated rings. The Bertz CT molecular complexity index is 1700. The van der Waals surface area contributed by atoms with E-state index in [0.717, 1.165) is 109 Å². The Balaban J connectivity index is 1.59. The first-order valence-electron chi connectivity index (χ1n) is 24.7. The molecule has 1 saturated heterocycles. The molecule has 13 nitrogen and oxygen atoms in total. The van der Waals surface area contributed by atoms with Crippen molar-refractivity contribution in [3.8, 4) is 0 Å². The van der Waals surface area contributed by atoms with Crippen LogP contribution in [-0.4, -0.2) is 83.9 Å². The molecule has 14 heteroatoms. The van der Waals surface area contributed by atoms with E-state index in [2.05, 4.69) is 48.6 Å². The number of nitrogens with one attached hydrogen (secondary N) is 1. The third-order valence-electron chi connectivity index (χ3n) is 12.4. The fourth-order valence-electron chi connectivity index (χ4n) is 8.57. The predicted molar refractivity (Wildman–Crippen MR) is 252 cm³/mol. The molecule has 1 aliphatic rings. The number of hydrogen-bond donors (Lipinski definition) is 4. The number of aryl methyl sites for hydroxylation is 2. The molecule has 0 bridgehead atoms. The molecule has 1 heterocycles. The topological polar surface area (TPSA) is 195 Å². The standard InChI is InChI=1S/C51H81NO12S/c1-3-4-5-6-7-8-9-16-27-36-43(61-46(55)37-28-17-12-10-14-21-30-41-32-23-19-24-33-41)39-45(54)52-51(2)49(48(64-65(58,59)60)44(40-53)62-50(51)57)63-47(56)38-29-18-13-11-15-22-31-42-34-25-20-26-35-42/h19-20,23-26,32-35,43-44,48-50,53,57H,3-18,21-22,27-31,36-40H2,1-2H3,(H,52,54)(H,58,59,60)/t43-,44-,48-,49+,50-,51-/m1/s1. The Kier molecular flexibility index (Phi) is 27.8. The number of amides is 1. The highest BCUT2D eigenvalue weighted by atomic mass is 32.3. The molecule has 0 radical (unpaired) electrons. The fourth-order valence-corrected chi connectivity index (χ4v) is 9.08. The normalized spacial score (nSPS) is 20.3. The van der Waals surface area contributed by atoms with Gasteiger partial charge in [0, 0.05) is 12.8 Å².